The van der Waals surface area contributed by atoms with Gasteiger partial charge in [0, 0.05) is 12.8 Å². The molecule has 1 aromatic rings. The fraction of sp³-hybridized carbons (Fsp3) is 0.667. The molecule has 1 spiro atoms. The highest BCUT2D eigenvalue weighted by Gasteiger charge is 2.49. The Labute approximate surface area is 127 Å². The summed E-state index contributed by atoms with van der Waals surface area (Å²) in [7, 11) is 0. The fourth-order valence-corrected chi connectivity index (χ4v) is 3.40. The minimum atomic E-state index is -0.315. The van der Waals surface area contributed by atoms with Crippen LogP contribution in [0, 0.1) is 0 Å². The molecule has 2 unspecified atom stereocenters. The van der Waals surface area contributed by atoms with Gasteiger partial charge in [-0.3, -0.25) is 0 Å². The van der Waals surface area contributed by atoms with Crippen molar-refractivity contribution in [2.45, 2.75) is 63.4 Å². The molecule has 3 nitrogen and oxygen atoms in total. The van der Waals surface area contributed by atoms with Crippen molar-refractivity contribution in [3.05, 3.63) is 35.9 Å². The van der Waals surface area contributed by atoms with Crippen molar-refractivity contribution in [2.24, 2.45) is 0 Å². The molecule has 2 saturated heterocycles. The Morgan fingerprint density at radius 1 is 1.10 bits per heavy atom. The molecule has 0 bridgehead atoms. The van der Waals surface area contributed by atoms with E-state index in [1.165, 1.54) is 12.0 Å². The largest absolute Gasteiger partial charge is 0.374 e. The average Bonchev–Trinajstić information content (AvgIpc) is 2.88. The van der Waals surface area contributed by atoms with Crippen LogP contribution in [0.15, 0.2) is 30.3 Å². The van der Waals surface area contributed by atoms with Crippen LogP contribution in [0.3, 0.4) is 0 Å². The molecule has 3 heteroatoms. The van der Waals surface area contributed by atoms with Gasteiger partial charge in [0.05, 0.1) is 25.4 Å². The summed E-state index contributed by atoms with van der Waals surface area (Å²) in [6.45, 7) is 4.34. The monoisotopic (exact) mass is 290 g/mol. The summed E-state index contributed by atoms with van der Waals surface area (Å²) >= 11 is 0. The van der Waals surface area contributed by atoms with Crippen LogP contribution in [0.25, 0.3) is 0 Å². The van der Waals surface area contributed by atoms with Gasteiger partial charge in [-0.15, -0.1) is 0 Å². The van der Waals surface area contributed by atoms with Gasteiger partial charge in [-0.1, -0.05) is 37.3 Å². The Kier molecular flexibility index (Phi) is 4.63. The molecule has 2 heterocycles. The zero-order valence-corrected chi connectivity index (χ0v) is 13.0. The van der Waals surface area contributed by atoms with Crippen molar-refractivity contribution in [1.29, 1.82) is 0 Å². The Bertz CT molecular complexity index is 439. The third kappa shape index (κ3) is 3.47. The molecule has 0 amide bonds. The van der Waals surface area contributed by atoms with E-state index in [9.17, 15) is 0 Å². The number of hydrogen-bond acceptors (Lipinski definition) is 3. The van der Waals surface area contributed by atoms with Gasteiger partial charge >= 0.3 is 0 Å². The van der Waals surface area contributed by atoms with E-state index in [2.05, 4.69) is 19.1 Å². The van der Waals surface area contributed by atoms with Crippen molar-refractivity contribution >= 4 is 0 Å². The molecule has 2 fully saturated rings. The number of rotatable bonds is 5. The van der Waals surface area contributed by atoms with Crippen LogP contribution in [-0.4, -0.2) is 24.6 Å². The SMILES string of the molecule is CCC1(COCc2ccccc2)CCC2(CCCCO2)O1. The predicted octanol–water partition coefficient (Wildman–Crippen LogP) is 4.06. The van der Waals surface area contributed by atoms with E-state index < -0.39 is 0 Å². The molecule has 0 radical (unpaired) electrons. The van der Waals surface area contributed by atoms with Gasteiger partial charge in [0.25, 0.3) is 0 Å². The minimum absolute atomic E-state index is 0.161. The van der Waals surface area contributed by atoms with Crippen molar-refractivity contribution in [1.82, 2.24) is 0 Å². The van der Waals surface area contributed by atoms with E-state index in [0.29, 0.717) is 13.2 Å². The van der Waals surface area contributed by atoms with Crippen LogP contribution in [0.5, 0.6) is 0 Å². The molecule has 116 valence electrons. The normalized spacial score (nSPS) is 32.6. The number of ether oxygens (including phenoxy) is 3. The maximum Gasteiger partial charge on any atom is 0.169 e. The summed E-state index contributed by atoms with van der Waals surface area (Å²) in [6.07, 6.45) is 6.44. The first-order chi connectivity index (χ1) is 10.3. The molecule has 2 atom stereocenters. The van der Waals surface area contributed by atoms with Gasteiger partial charge in [0.15, 0.2) is 5.79 Å². The standard InChI is InChI=1S/C18H26O3/c1-2-17(15-19-14-16-8-4-3-5-9-16)11-12-18(21-17)10-6-7-13-20-18/h3-5,8-9H,2,6-7,10-15H2,1H3. The van der Waals surface area contributed by atoms with Crippen LogP contribution >= 0.6 is 0 Å². The van der Waals surface area contributed by atoms with Crippen LogP contribution < -0.4 is 0 Å². The third-order valence-corrected chi connectivity index (χ3v) is 4.80. The highest BCUT2D eigenvalue weighted by Crippen LogP contribution is 2.45. The second-order valence-corrected chi connectivity index (χ2v) is 6.33. The first-order valence-corrected chi connectivity index (χ1v) is 8.22. The summed E-state index contributed by atoms with van der Waals surface area (Å²) in [6, 6.07) is 10.3. The first-order valence-electron chi connectivity index (χ1n) is 8.22. The highest BCUT2D eigenvalue weighted by molar-refractivity contribution is 5.13. The zero-order chi connectivity index (χ0) is 14.6. The second-order valence-electron chi connectivity index (χ2n) is 6.33. The van der Waals surface area contributed by atoms with E-state index in [1.807, 2.05) is 18.2 Å². The van der Waals surface area contributed by atoms with Crippen LogP contribution in [0.4, 0.5) is 0 Å². The average molecular weight is 290 g/mol. The first kappa shape index (κ1) is 15.0. The molecule has 0 aromatic heterocycles. The zero-order valence-electron chi connectivity index (χ0n) is 13.0. The third-order valence-electron chi connectivity index (χ3n) is 4.80. The van der Waals surface area contributed by atoms with Gasteiger partial charge in [-0.25, -0.2) is 0 Å². The van der Waals surface area contributed by atoms with E-state index in [4.69, 9.17) is 14.2 Å². The summed E-state index contributed by atoms with van der Waals surface area (Å²) < 4.78 is 18.3. The molecule has 2 aliphatic heterocycles. The topological polar surface area (TPSA) is 27.7 Å². The molecule has 3 rings (SSSR count). The highest BCUT2D eigenvalue weighted by atomic mass is 16.7. The summed E-state index contributed by atoms with van der Waals surface area (Å²) in [4.78, 5) is 0. The van der Waals surface area contributed by atoms with E-state index in [0.717, 1.165) is 38.7 Å². The number of hydrogen-bond donors (Lipinski definition) is 0. The lowest BCUT2D eigenvalue weighted by Crippen LogP contribution is -2.42. The van der Waals surface area contributed by atoms with Crippen molar-refractivity contribution in [2.75, 3.05) is 13.2 Å². The molecule has 0 aliphatic carbocycles. The van der Waals surface area contributed by atoms with Crippen molar-refractivity contribution in [3.63, 3.8) is 0 Å². The smallest absolute Gasteiger partial charge is 0.169 e. The quantitative estimate of drug-likeness (QED) is 0.818. The van der Waals surface area contributed by atoms with Gasteiger partial charge < -0.3 is 14.2 Å². The number of benzene rings is 1. The summed E-state index contributed by atoms with van der Waals surface area (Å²) in [5.41, 5.74) is 1.05. The molecular weight excluding hydrogens is 264 g/mol. The summed E-state index contributed by atoms with van der Waals surface area (Å²) in [5.74, 6) is -0.315. The predicted molar refractivity (Wildman–Crippen MR) is 82.0 cm³/mol. The Morgan fingerprint density at radius 3 is 2.67 bits per heavy atom. The molecular formula is C18H26O3. The van der Waals surface area contributed by atoms with Crippen LogP contribution in [0.1, 0.15) is 51.0 Å². The molecule has 21 heavy (non-hydrogen) atoms. The van der Waals surface area contributed by atoms with E-state index in [-0.39, 0.29) is 11.4 Å². The molecule has 1 aromatic carbocycles. The minimum Gasteiger partial charge on any atom is -0.374 e. The van der Waals surface area contributed by atoms with E-state index in [1.54, 1.807) is 0 Å². The molecule has 2 aliphatic rings. The second kappa shape index (κ2) is 6.47. The Balaban J connectivity index is 1.55. The lowest BCUT2D eigenvalue weighted by molar-refractivity contribution is -0.275. The maximum absolute atomic E-state index is 6.42. The molecule has 0 N–H and O–H groups in total. The van der Waals surface area contributed by atoms with E-state index >= 15 is 0 Å². The van der Waals surface area contributed by atoms with Crippen molar-refractivity contribution in [3.8, 4) is 0 Å². The van der Waals surface area contributed by atoms with Gasteiger partial charge in [0.2, 0.25) is 0 Å². The Hall–Kier alpha value is -0.900. The van der Waals surface area contributed by atoms with Crippen molar-refractivity contribution < 1.29 is 14.2 Å². The lowest BCUT2D eigenvalue weighted by Gasteiger charge is -2.37. The fourth-order valence-electron chi connectivity index (χ4n) is 3.40. The lowest BCUT2D eigenvalue weighted by atomic mass is 9.96. The van der Waals surface area contributed by atoms with Crippen LogP contribution in [0.2, 0.25) is 0 Å². The summed E-state index contributed by atoms with van der Waals surface area (Å²) in [5, 5.41) is 0. The molecule has 0 saturated carbocycles. The maximum atomic E-state index is 6.42. The Morgan fingerprint density at radius 2 is 1.95 bits per heavy atom. The van der Waals surface area contributed by atoms with Gasteiger partial charge in [-0.05, 0) is 31.2 Å². The van der Waals surface area contributed by atoms with Crippen LogP contribution in [-0.2, 0) is 20.8 Å². The van der Waals surface area contributed by atoms with Gasteiger partial charge in [-0.2, -0.15) is 0 Å². The van der Waals surface area contributed by atoms with Gasteiger partial charge in [0.1, 0.15) is 0 Å².